The minimum absolute atomic E-state index is 0.0537. The van der Waals surface area contributed by atoms with Crippen molar-refractivity contribution in [3.63, 3.8) is 0 Å². The molecule has 0 fully saturated rings. The van der Waals surface area contributed by atoms with Crippen molar-refractivity contribution in [3.8, 4) is 5.75 Å². The van der Waals surface area contributed by atoms with E-state index in [4.69, 9.17) is 9.47 Å². The standard InChI is InChI=1S/C28H35N3O5S/c1-20-29-23(19-37-20)16-26(33)30-22-12-10-21(11-13-22)14-15-31(27(34)36-28(2,3)4)17-24(32)18-35-25-8-6-5-7-9-25/h5-13,19,24,32H,14-18H2,1-4H3,(H,30,33)/t24-/m0/s1. The number of aromatic nitrogens is 1. The number of ether oxygens (including phenoxy) is 2. The number of amides is 2. The summed E-state index contributed by atoms with van der Waals surface area (Å²) in [7, 11) is 0. The lowest BCUT2D eigenvalue weighted by Crippen LogP contribution is -2.43. The second kappa shape index (κ2) is 13.2. The molecule has 198 valence electrons. The average Bonchev–Trinajstić information content (AvgIpc) is 3.25. The zero-order valence-corrected chi connectivity index (χ0v) is 22.6. The Hall–Kier alpha value is -3.43. The maximum Gasteiger partial charge on any atom is 0.410 e. The minimum Gasteiger partial charge on any atom is -0.491 e. The van der Waals surface area contributed by atoms with Crippen LogP contribution in [0.5, 0.6) is 5.75 Å². The minimum atomic E-state index is -0.883. The van der Waals surface area contributed by atoms with E-state index in [0.29, 0.717) is 24.4 Å². The third-order valence-electron chi connectivity index (χ3n) is 5.18. The van der Waals surface area contributed by atoms with Crippen LogP contribution < -0.4 is 10.1 Å². The molecule has 1 heterocycles. The molecule has 2 N–H and O–H groups in total. The maximum atomic E-state index is 12.8. The number of hydrogen-bond donors (Lipinski definition) is 2. The quantitative estimate of drug-likeness (QED) is 0.371. The Labute approximate surface area is 222 Å². The van der Waals surface area contributed by atoms with Gasteiger partial charge in [0.1, 0.15) is 24.1 Å². The first-order chi connectivity index (χ1) is 17.6. The smallest absolute Gasteiger partial charge is 0.410 e. The number of carbonyl (C=O) groups is 2. The highest BCUT2D eigenvalue weighted by Crippen LogP contribution is 2.15. The van der Waals surface area contributed by atoms with E-state index < -0.39 is 17.8 Å². The molecule has 0 aliphatic rings. The number of thiazole rings is 1. The lowest BCUT2D eigenvalue weighted by molar-refractivity contribution is -0.115. The Kier molecular flexibility index (Phi) is 10.0. The zero-order chi connectivity index (χ0) is 26.8. The number of aliphatic hydroxyl groups excluding tert-OH is 1. The van der Waals surface area contributed by atoms with Crippen LogP contribution in [-0.4, -0.2) is 58.4 Å². The summed E-state index contributed by atoms with van der Waals surface area (Å²) in [4.78, 5) is 30.9. The first kappa shape index (κ1) is 28.1. The fourth-order valence-electron chi connectivity index (χ4n) is 3.48. The van der Waals surface area contributed by atoms with E-state index in [9.17, 15) is 14.7 Å². The highest BCUT2D eigenvalue weighted by Gasteiger charge is 2.24. The predicted molar refractivity (Wildman–Crippen MR) is 145 cm³/mol. The highest BCUT2D eigenvalue weighted by molar-refractivity contribution is 7.09. The molecule has 0 saturated carbocycles. The molecule has 3 rings (SSSR count). The number of hydrogen-bond acceptors (Lipinski definition) is 7. The molecule has 0 radical (unpaired) electrons. The molecule has 0 saturated heterocycles. The highest BCUT2D eigenvalue weighted by atomic mass is 32.1. The predicted octanol–water partition coefficient (Wildman–Crippen LogP) is 4.85. The Morgan fingerprint density at radius 1 is 1.11 bits per heavy atom. The lowest BCUT2D eigenvalue weighted by atomic mass is 10.1. The van der Waals surface area contributed by atoms with Crippen molar-refractivity contribution >= 4 is 29.0 Å². The van der Waals surface area contributed by atoms with Gasteiger partial charge in [0.25, 0.3) is 0 Å². The van der Waals surface area contributed by atoms with Crippen LogP contribution in [0.4, 0.5) is 10.5 Å². The first-order valence-electron chi connectivity index (χ1n) is 12.2. The molecule has 2 amide bonds. The third-order valence-corrected chi connectivity index (χ3v) is 6.01. The van der Waals surface area contributed by atoms with Gasteiger partial charge in [0.05, 0.1) is 23.7 Å². The molecule has 8 nitrogen and oxygen atoms in total. The molecule has 3 aromatic rings. The summed E-state index contributed by atoms with van der Waals surface area (Å²) in [5.74, 6) is 0.528. The second-order valence-electron chi connectivity index (χ2n) is 9.73. The third kappa shape index (κ3) is 10.2. The molecular weight excluding hydrogens is 490 g/mol. The number of anilines is 1. The number of para-hydroxylation sites is 1. The summed E-state index contributed by atoms with van der Waals surface area (Å²) in [6.07, 6.45) is -0.593. The maximum absolute atomic E-state index is 12.8. The molecule has 9 heteroatoms. The first-order valence-corrected chi connectivity index (χ1v) is 13.1. The Morgan fingerprint density at radius 3 is 2.43 bits per heavy atom. The van der Waals surface area contributed by atoms with Gasteiger partial charge < -0.3 is 24.8 Å². The van der Waals surface area contributed by atoms with Crippen molar-refractivity contribution in [1.29, 1.82) is 0 Å². The number of nitrogens with zero attached hydrogens (tertiary/aromatic N) is 2. The topological polar surface area (TPSA) is 101 Å². The van der Waals surface area contributed by atoms with Gasteiger partial charge >= 0.3 is 6.09 Å². The van der Waals surface area contributed by atoms with Gasteiger partial charge in [0.15, 0.2) is 0 Å². The molecule has 0 aliphatic carbocycles. The number of aliphatic hydroxyl groups is 1. The van der Waals surface area contributed by atoms with E-state index in [0.717, 1.165) is 16.3 Å². The van der Waals surface area contributed by atoms with E-state index in [1.54, 1.807) is 20.8 Å². The Bertz CT molecular complexity index is 1140. The zero-order valence-electron chi connectivity index (χ0n) is 21.8. The number of rotatable bonds is 11. The largest absolute Gasteiger partial charge is 0.491 e. The summed E-state index contributed by atoms with van der Waals surface area (Å²) in [5, 5.41) is 16.2. The summed E-state index contributed by atoms with van der Waals surface area (Å²) < 4.78 is 11.2. The normalized spacial score (nSPS) is 12.0. The van der Waals surface area contributed by atoms with Crippen LogP contribution in [0.15, 0.2) is 60.0 Å². The van der Waals surface area contributed by atoms with Crippen LogP contribution >= 0.6 is 11.3 Å². The van der Waals surface area contributed by atoms with Crippen molar-refractivity contribution in [3.05, 3.63) is 76.2 Å². The molecular formula is C28H35N3O5S. The second-order valence-corrected chi connectivity index (χ2v) is 10.8. The van der Waals surface area contributed by atoms with E-state index in [1.807, 2.05) is 66.9 Å². The number of carbonyl (C=O) groups excluding carboxylic acids is 2. The summed E-state index contributed by atoms with van der Waals surface area (Å²) in [6.45, 7) is 7.81. The monoisotopic (exact) mass is 525 g/mol. The molecule has 0 bridgehead atoms. The number of nitrogens with one attached hydrogen (secondary N) is 1. The van der Waals surface area contributed by atoms with Crippen LogP contribution in [-0.2, 0) is 22.4 Å². The number of benzene rings is 2. The SMILES string of the molecule is Cc1nc(CC(=O)Nc2ccc(CCN(C[C@H](O)COc3ccccc3)C(=O)OC(C)(C)C)cc2)cs1. The fourth-order valence-corrected chi connectivity index (χ4v) is 4.09. The van der Waals surface area contributed by atoms with Crippen LogP contribution in [0.1, 0.15) is 37.0 Å². The van der Waals surface area contributed by atoms with Crippen molar-refractivity contribution in [2.45, 2.75) is 52.2 Å². The molecule has 0 unspecified atom stereocenters. The Morgan fingerprint density at radius 2 is 1.81 bits per heavy atom. The van der Waals surface area contributed by atoms with Gasteiger partial charge in [0, 0.05) is 17.6 Å². The van der Waals surface area contributed by atoms with Crippen molar-refractivity contribution < 1.29 is 24.2 Å². The van der Waals surface area contributed by atoms with Crippen LogP contribution in [0, 0.1) is 6.92 Å². The Balaban J connectivity index is 1.54. The summed E-state index contributed by atoms with van der Waals surface area (Å²) in [6, 6.07) is 16.7. The average molecular weight is 526 g/mol. The molecule has 1 aromatic heterocycles. The van der Waals surface area contributed by atoms with Crippen molar-refractivity contribution in [2.75, 3.05) is 25.0 Å². The van der Waals surface area contributed by atoms with Gasteiger partial charge in [-0.3, -0.25) is 4.79 Å². The van der Waals surface area contributed by atoms with Gasteiger partial charge in [-0.2, -0.15) is 0 Å². The van der Waals surface area contributed by atoms with Gasteiger partial charge in [-0.05, 0) is 63.9 Å². The van der Waals surface area contributed by atoms with E-state index in [-0.39, 0.29) is 25.5 Å². The molecule has 37 heavy (non-hydrogen) atoms. The number of aryl methyl sites for hydroxylation is 1. The van der Waals surface area contributed by atoms with Crippen LogP contribution in [0.2, 0.25) is 0 Å². The van der Waals surface area contributed by atoms with E-state index >= 15 is 0 Å². The van der Waals surface area contributed by atoms with Crippen molar-refractivity contribution in [2.24, 2.45) is 0 Å². The summed E-state index contributed by atoms with van der Waals surface area (Å²) >= 11 is 1.52. The lowest BCUT2D eigenvalue weighted by Gasteiger charge is -2.29. The van der Waals surface area contributed by atoms with Gasteiger partial charge in [-0.1, -0.05) is 30.3 Å². The molecule has 0 spiro atoms. The van der Waals surface area contributed by atoms with E-state index in [1.165, 1.54) is 16.2 Å². The van der Waals surface area contributed by atoms with E-state index in [2.05, 4.69) is 10.3 Å². The van der Waals surface area contributed by atoms with Gasteiger partial charge in [-0.15, -0.1) is 11.3 Å². The summed E-state index contributed by atoms with van der Waals surface area (Å²) in [5.41, 5.74) is 1.78. The van der Waals surface area contributed by atoms with Crippen LogP contribution in [0.25, 0.3) is 0 Å². The van der Waals surface area contributed by atoms with Crippen LogP contribution in [0.3, 0.4) is 0 Å². The molecule has 1 atom stereocenters. The van der Waals surface area contributed by atoms with Gasteiger partial charge in [0.2, 0.25) is 5.91 Å². The van der Waals surface area contributed by atoms with Gasteiger partial charge in [-0.25, -0.2) is 9.78 Å². The molecule has 0 aliphatic heterocycles. The fraction of sp³-hybridized carbons (Fsp3) is 0.393. The molecule has 2 aromatic carbocycles. The van der Waals surface area contributed by atoms with Crippen molar-refractivity contribution in [1.82, 2.24) is 9.88 Å².